The van der Waals surface area contributed by atoms with E-state index in [0.29, 0.717) is 24.9 Å². The molecule has 2 aliphatic heterocycles. The Labute approximate surface area is 123 Å². The van der Waals surface area contributed by atoms with Gasteiger partial charge in [-0.3, -0.25) is 19.3 Å². The van der Waals surface area contributed by atoms with Crippen molar-refractivity contribution in [3.63, 3.8) is 0 Å². The molecule has 0 N–H and O–H groups in total. The summed E-state index contributed by atoms with van der Waals surface area (Å²) in [6.07, 6.45) is 1.65. The van der Waals surface area contributed by atoms with Crippen LogP contribution in [0.5, 0.6) is 0 Å². The van der Waals surface area contributed by atoms with E-state index in [-0.39, 0.29) is 17.7 Å². The van der Waals surface area contributed by atoms with E-state index in [0.717, 1.165) is 16.9 Å². The molecule has 2 heterocycles. The van der Waals surface area contributed by atoms with Crippen molar-refractivity contribution >= 4 is 17.7 Å². The zero-order valence-corrected chi connectivity index (χ0v) is 12.3. The minimum absolute atomic E-state index is 0.103. The second-order valence-corrected chi connectivity index (χ2v) is 5.62. The number of likely N-dealkylation sites (N-methyl/N-ethyl adjacent to an activating group) is 1. The van der Waals surface area contributed by atoms with E-state index in [9.17, 15) is 14.4 Å². The molecule has 1 unspecified atom stereocenters. The maximum Gasteiger partial charge on any atom is 0.255 e. The van der Waals surface area contributed by atoms with E-state index in [1.54, 1.807) is 4.90 Å². The van der Waals surface area contributed by atoms with Crippen LogP contribution >= 0.6 is 0 Å². The zero-order valence-electron chi connectivity index (χ0n) is 12.3. The van der Waals surface area contributed by atoms with Gasteiger partial charge in [-0.05, 0) is 30.0 Å². The van der Waals surface area contributed by atoms with Gasteiger partial charge in [0.2, 0.25) is 5.91 Å². The van der Waals surface area contributed by atoms with E-state index >= 15 is 0 Å². The molecule has 5 nitrogen and oxygen atoms in total. The number of fused-ring (bicyclic) bond motifs is 1. The van der Waals surface area contributed by atoms with E-state index < -0.39 is 6.04 Å². The zero-order chi connectivity index (χ0) is 15.1. The molecule has 2 aliphatic rings. The second kappa shape index (κ2) is 4.98. The summed E-state index contributed by atoms with van der Waals surface area (Å²) in [5.41, 5.74) is 2.84. The van der Waals surface area contributed by atoms with Crippen molar-refractivity contribution in [1.82, 2.24) is 9.80 Å². The number of hydrogen-bond acceptors (Lipinski definition) is 3. The van der Waals surface area contributed by atoms with Crippen LogP contribution in [0.15, 0.2) is 18.2 Å². The Morgan fingerprint density at radius 3 is 2.71 bits per heavy atom. The number of aryl methyl sites for hydroxylation is 1. The van der Waals surface area contributed by atoms with Crippen LogP contribution in [0.25, 0.3) is 0 Å². The third kappa shape index (κ3) is 2.13. The van der Waals surface area contributed by atoms with Gasteiger partial charge in [0.1, 0.15) is 6.04 Å². The first-order valence-electron chi connectivity index (χ1n) is 7.26. The number of likely N-dealkylation sites (tertiary alicyclic amines) is 1. The number of piperidine rings is 1. The van der Waals surface area contributed by atoms with Crippen molar-refractivity contribution in [3.05, 3.63) is 34.9 Å². The Bertz CT molecular complexity index is 638. The van der Waals surface area contributed by atoms with Gasteiger partial charge in [-0.1, -0.05) is 19.1 Å². The van der Waals surface area contributed by atoms with Gasteiger partial charge in [0, 0.05) is 25.6 Å². The fourth-order valence-corrected chi connectivity index (χ4v) is 3.06. The molecule has 5 heteroatoms. The molecule has 0 aromatic heterocycles. The average molecular weight is 286 g/mol. The summed E-state index contributed by atoms with van der Waals surface area (Å²) >= 11 is 0. The molecule has 21 heavy (non-hydrogen) atoms. The summed E-state index contributed by atoms with van der Waals surface area (Å²) in [6, 6.07) is 5.32. The Morgan fingerprint density at radius 1 is 1.24 bits per heavy atom. The fourth-order valence-electron chi connectivity index (χ4n) is 3.06. The van der Waals surface area contributed by atoms with Gasteiger partial charge in [0.05, 0.1) is 0 Å². The molecule has 3 rings (SSSR count). The van der Waals surface area contributed by atoms with Gasteiger partial charge in [-0.2, -0.15) is 0 Å². The SMILES string of the molecule is CCc1ccc2c(c1)CN(C1CCC(=O)N(C)C1=O)C2=O. The van der Waals surface area contributed by atoms with Crippen molar-refractivity contribution in [3.8, 4) is 0 Å². The predicted molar refractivity (Wildman–Crippen MR) is 76.5 cm³/mol. The van der Waals surface area contributed by atoms with Crippen molar-refractivity contribution in [2.75, 3.05) is 7.05 Å². The minimum Gasteiger partial charge on any atom is -0.322 e. The first-order valence-corrected chi connectivity index (χ1v) is 7.26. The average Bonchev–Trinajstić information content (AvgIpc) is 2.81. The van der Waals surface area contributed by atoms with Crippen LogP contribution in [-0.4, -0.2) is 40.6 Å². The van der Waals surface area contributed by atoms with E-state index in [1.165, 1.54) is 12.6 Å². The fraction of sp³-hybridized carbons (Fsp3) is 0.438. The standard InChI is InChI=1S/C16H18N2O3/c1-3-10-4-5-12-11(8-10)9-18(15(12)20)13-6-7-14(19)17(2)16(13)21/h4-5,8,13H,3,6-7,9H2,1-2H3. The van der Waals surface area contributed by atoms with Gasteiger partial charge in [-0.15, -0.1) is 0 Å². The highest BCUT2D eigenvalue weighted by Gasteiger charge is 2.41. The van der Waals surface area contributed by atoms with Crippen molar-refractivity contribution in [1.29, 1.82) is 0 Å². The monoisotopic (exact) mass is 286 g/mol. The van der Waals surface area contributed by atoms with Gasteiger partial charge in [-0.25, -0.2) is 0 Å². The molecular formula is C16H18N2O3. The molecule has 1 saturated heterocycles. The lowest BCUT2D eigenvalue weighted by molar-refractivity contribution is -0.150. The quantitative estimate of drug-likeness (QED) is 0.771. The van der Waals surface area contributed by atoms with Crippen LogP contribution in [0.3, 0.4) is 0 Å². The predicted octanol–water partition coefficient (Wildman–Crippen LogP) is 1.35. The van der Waals surface area contributed by atoms with E-state index in [2.05, 4.69) is 6.92 Å². The molecule has 3 amide bonds. The molecule has 1 fully saturated rings. The summed E-state index contributed by atoms with van der Waals surface area (Å²) in [6.45, 7) is 2.53. The number of amides is 3. The Balaban J connectivity index is 1.87. The van der Waals surface area contributed by atoms with Crippen LogP contribution < -0.4 is 0 Å². The van der Waals surface area contributed by atoms with Crippen molar-refractivity contribution in [2.24, 2.45) is 0 Å². The lowest BCUT2D eigenvalue weighted by Crippen LogP contribution is -2.53. The molecular weight excluding hydrogens is 268 g/mol. The maximum absolute atomic E-state index is 12.5. The van der Waals surface area contributed by atoms with Crippen LogP contribution in [0.4, 0.5) is 0 Å². The molecule has 1 atom stereocenters. The summed E-state index contributed by atoms with van der Waals surface area (Å²) in [5, 5.41) is 0. The van der Waals surface area contributed by atoms with Gasteiger partial charge in [0.15, 0.2) is 0 Å². The van der Waals surface area contributed by atoms with E-state index in [4.69, 9.17) is 0 Å². The Hall–Kier alpha value is -2.17. The lowest BCUT2D eigenvalue weighted by Gasteiger charge is -2.33. The topological polar surface area (TPSA) is 57.7 Å². The smallest absolute Gasteiger partial charge is 0.255 e. The number of carbonyl (C=O) groups is 3. The molecule has 110 valence electrons. The van der Waals surface area contributed by atoms with Crippen LogP contribution in [-0.2, 0) is 22.6 Å². The number of rotatable bonds is 2. The minimum atomic E-state index is -0.516. The van der Waals surface area contributed by atoms with Crippen molar-refractivity contribution in [2.45, 2.75) is 38.8 Å². The number of hydrogen-bond donors (Lipinski definition) is 0. The van der Waals surface area contributed by atoms with E-state index in [1.807, 2.05) is 18.2 Å². The van der Waals surface area contributed by atoms with Gasteiger partial charge < -0.3 is 4.90 Å². The van der Waals surface area contributed by atoms with Gasteiger partial charge in [0.25, 0.3) is 11.8 Å². The van der Waals surface area contributed by atoms with Crippen LogP contribution in [0.1, 0.15) is 41.3 Å². The maximum atomic E-state index is 12.5. The first-order chi connectivity index (χ1) is 10.0. The van der Waals surface area contributed by atoms with Gasteiger partial charge >= 0.3 is 0 Å². The molecule has 0 bridgehead atoms. The van der Waals surface area contributed by atoms with Crippen LogP contribution in [0.2, 0.25) is 0 Å². The molecule has 0 aliphatic carbocycles. The normalized spacial score (nSPS) is 22.0. The highest BCUT2D eigenvalue weighted by atomic mass is 16.2. The molecule has 0 saturated carbocycles. The third-order valence-electron chi connectivity index (χ3n) is 4.41. The largest absolute Gasteiger partial charge is 0.322 e. The number of imide groups is 1. The summed E-state index contributed by atoms with van der Waals surface area (Å²) in [4.78, 5) is 39.1. The van der Waals surface area contributed by atoms with Crippen molar-refractivity contribution < 1.29 is 14.4 Å². The summed E-state index contributed by atoms with van der Waals surface area (Å²) in [5.74, 6) is -0.550. The third-order valence-corrected chi connectivity index (χ3v) is 4.41. The first kappa shape index (κ1) is 13.8. The molecule has 1 aromatic rings. The summed E-state index contributed by atoms with van der Waals surface area (Å²) < 4.78 is 0. The highest BCUT2D eigenvalue weighted by molar-refractivity contribution is 6.05. The highest BCUT2D eigenvalue weighted by Crippen LogP contribution is 2.29. The molecule has 0 spiro atoms. The number of carbonyl (C=O) groups excluding carboxylic acids is 3. The Morgan fingerprint density at radius 2 is 2.00 bits per heavy atom. The Kier molecular flexibility index (Phi) is 3.27. The molecule has 1 aromatic carbocycles. The second-order valence-electron chi connectivity index (χ2n) is 5.62. The molecule has 0 radical (unpaired) electrons. The number of nitrogens with zero attached hydrogens (tertiary/aromatic N) is 2. The number of benzene rings is 1. The summed E-state index contributed by atoms with van der Waals surface area (Å²) in [7, 11) is 1.49. The lowest BCUT2D eigenvalue weighted by atomic mass is 10.0. The van der Waals surface area contributed by atoms with Crippen LogP contribution in [0, 0.1) is 0 Å².